The zero-order valence-corrected chi connectivity index (χ0v) is 16.6. The molecule has 3 aliphatic heterocycles. The van der Waals surface area contributed by atoms with Crippen LogP contribution in [0.1, 0.15) is 53.4 Å². The van der Waals surface area contributed by atoms with Gasteiger partial charge in [-0.1, -0.05) is 6.92 Å². The summed E-state index contributed by atoms with van der Waals surface area (Å²) in [5.74, 6) is 1.43. The van der Waals surface area contributed by atoms with Crippen LogP contribution in [0, 0.1) is 23.7 Å². The molecule has 3 heterocycles. The standard InChI is InChI=1S/C21H33NO4/c1-12-5-6-17-15(11-22-9-13(2)24-14(3)10-22)18(23)25-21(17)16(12)7-8-20(4)19(21)26-20/h12-17,19H,5-11H2,1-4H3/t12-,13-,14+,15-,16+,17+,19-,20-,21-/m1/s1. The van der Waals surface area contributed by atoms with Crippen molar-refractivity contribution in [3.8, 4) is 0 Å². The molecule has 0 aromatic rings. The highest BCUT2D eigenvalue weighted by molar-refractivity contribution is 5.77. The number of hydrogen-bond acceptors (Lipinski definition) is 5. The molecule has 5 rings (SSSR count). The lowest BCUT2D eigenvalue weighted by Gasteiger charge is -2.50. The maximum Gasteiger partial charge on any atom is 0.311 e. The predicted octanol–water partition coefficient (Wildman–Crippen LogP) is 2.62. The van der Waals surface area contributed by atoms with Crippen LogP contribution >= 0.6 is 0 Å². The van der Waals surface area contributed by atoms with Crippen LogP contribution in [0.2, 0.25) is 0 Å². The van der Waals surface area contributed by atoms with E-state index in [1.54, 1.807) is 0 Å². The van der Waals surface area contributed by atoms with Crippen LogP contribution in [0.15, 0.2) is 0 Å². The van der Waals surface area contributed by atoms with E-state index in [4.69, 9.17) is 14.2 Å². The monoisotopic (exact) mass is 363 g/mol. The number of esters is 1. The topological polar surface area (TPSA) is 51.3 Å². The van der Waals surface area contributed by atoms with Crippen molar-refractivity contribution in [2.24, 2.45) is 23.7 Å². The Morgan fingerprint density at radius 1 is 1.08 bits per heavy atom. The summed E-state index contributed by atoms with van der Waals surface area (Å²) >= 11 is 0. The highest BCUT2D eigenvalue weighted by Gasteiger charge is 2.77. The first-order valence-corrected chi connectivity index (χ1v) is 10.6. The number of rotatable bonds is 2. The number of carbonyl (C=O) groups excluding carboxylic acids is 1. The second-order valence-electron chi connectivity index (χ2n) is 9.97. The fourth-order valence-electron chi connectivity index (χ4n) is 6.97. The van der Waals surface area contributed by atoms with Gasteiger partial charge in [-0.2, -0.15) is 0 Å². The van der Waals surface area contributed by atoms with Crippen LogP contribution < -0.4 is 0 Å². The molecule has 5 nitrogen and oxygen atoms in total. The van der Waals surface area contributed by atoms with Crippen LogP contribution in [0.25, 0.3) is 0 Å². The third-order valence-electron chi connectivity index (χ3n) is 8.04. The van der Waals surface area contributed by atoms with Gasteiger partial charge in [0, 0.05) is 31.5 Å². The molecule has 5 fully saturated rings. The Labute approximate surface area is 156 Å². The summed E-state index contributed by atoms with van der Waals surface area (Å²) in [6.45, 7) is 11.4. The Bertz CT molecular complexity index is 601. The van der Waals surface area contributed by atoms with Crippen molar-refractivity contribution in [2.75, 3.05) is 19.6 Å². The van der Waals surface area contributed by atoms with E-state index < -0.39 is 0 Å². The molecule has 26 heavy (non-hydrogen) atoms. The summed E-state index contributed by atoms with van der Waals surface area (Å²) in [5, 5.41) is 0. The molecular formula is C21H33NO4. The smallest absolute Gasteiger partial charge is 0.311 e. The molecule has 2 aliphatic carbocycles. The minimum Gasteiger partial charge on any atom is -0.455 e. The minimum atomic E-state index is -0.351. The van der Waals surface area contributed by atoms with E-state index in [0.29, 0.717) is 17.8 Å². The number of morpholine rings is 1. The summed E-state index contributed by atoms with van der Waals surface area (Å²) in [4.78, 5) is 15.5. The van der Waals surface area contributed by atoms with Gasteiger partial charge in [-0.25, -0.2) is 0 Å². The second-order valence-corrected chi connectivity index (χ2v) is 9.97. The van der Waals surface area contributed by atoms with E-state index in [0.717, 1.165) is 38.9 Å². The fraction of sp³-hybridized carbons (Fsp3) is 0.952. The van der Waals surface area contributed by atoms with Crippen LogP contribution in [-0.4, -0.2) is 60.0 Å². The van der Waals surface area contributed by atoms with Crippen molar-refractivity contribution in [1.29, 1.82) is 0 Å². The molecule has 146 valence electrons. The highest BCUT2D eigenvalue weighted by atomic mass is 16.7. The molecule has 5 aliphatic rings. The maximum atomic E-state index is 13.1. The van der Waals surface area contributed by atoms with Gasteiger partial charge in [0.25, 0.3) is 0 Å². The van der Waals surface area contributed by atoms with Gasteiger partial charge in [-0.15, -0.1) is 0 Å². The van der Waals surface area contributed by atoms with E-state index in [9.17, 15) is 4.79 Å². The lowest BCUT2D eigenvalue weighted by atomic mass is 9.55. The zero-order valence-electron chi connectivity index (χ0n) is 16.6. The fourth-order valence-corrected chi connectivity index (χ4v) is 6.97. The molecule has 0 aromatic heterocycles. The first-order chi connectivity index (χ1) is 12.3. The lowest BCUT2D eigenvalue weighted by Crippen LogP contribution is -2.58. The van der Waals surface area contributed by atoms with Crippen molar-refractivity contribution in [3.05, 3.63) is 0 Å². The summed E-state index contributed by atoms with van der Waals surface area (Å²) in [6, 6.07) is 0. The van der Waals surface area contributed by atoms with Gasteiger partial charge in [0.2, 0.25) is 0 Å². The Morgan fingerprint density at radius 2 is 1.81 bits per heavy atom. The zero-order chi connectivity index (χ0) is 18.3. The first kappa shape index (κ1) is 17.4. The van der Waals surface area contributed by atoms with Crippen molar-refractivity contribution in [1.82, 2.24) is 4.90 Å². The van der Waals surface area contributed by atoms with E-state index in [2.05, 4.69) is 32.6 Å². The van der Waals surface area contributed by atoms with Crippen LogP contribution in [-0.2, 0) is 19.0 Å². The van der Waals surface area contributed by atoms with E-state index in [1.165, 1.54) is 6.42 Å². The Balaban J connectivity index is 1.42. The molecule has 0 amide bonds. The minimum absolute atomic E-state index is 0.00551. The summed E-state index contributed by atoms with van der Waals surface area (Å²) in [5.41, 5.74) is -0.404. The van der Waals surface area contributed by atoms with E-state index in [1.807, 2.05) is 0 Å². The molecule has 0 aromatic carbocycles. The average Bonchev–Trinajstić information content (AvgIpc) is 3.18. The van der Waals surface area contributed by atoms with Gasteiger partial charge < -0.3 is 14.2 Å². The summed E-state index contributed by atoms with van der Waals surface area (Å²) < 4.78 is 18.4. The van der Waals surface area contributed by atoms with Gasteiger partial charge in [-0.3, -0.25) is 9.69 Å². The number of carbonyl (C=O) groups is 1. The van der Waals surface area contributed by atoms with Gasteiger partial charge >= 0.3 is 5.97 Å². The number of epoxide rings is 1. The molecule has 0 radical (unpaired) electrons. The van der Waals surface area contributed by atoms with Crippen LogP contribution in [0.5, 0.6) is 0 Å². The van der Waals surface area contributed by atoms with Crippen molar-refractivity contribution in [3.63, 3.8) is 0 Å². The van der Waals surface area contributed by atoms with Gasteiger partial charge in [0.05, 0.1) is 23.7 Å². The summed E-state index contributed by atoms with van der Waals surface area (Å²) in [6.07, 6.45) is 5.14. The Morgan fingerprint density at radius 3 is 2.54 bits per heavy atom. The third kappa shape index (κ3) is 2.36. The number of nitrogens with zero attached hydrogens (tertiary/aromatic N) is 1. The first-order valence-electron chi connectivity index (χ1n) is 10.6. The van der Waals surface area contributed by atoms with Crippen molar-refractivity contribution < 1.29 is 19.0 Å². The van der Waals surface area contributed by atoms with Crippen molar-refractivity contribution >= 4 is 5.97 Å². The van der Waals surface area contributed by atoms with E-state index >= 15 is 0 Å². The molecule has 1 spiro atoms. The van der Waals surface area contributed by atoms with Gasteiger partial charge in [-0.05, 0) is 52.4 Å². The van der Waals surface area contributed by atoms with Crippen molar-refractivity contribution in [2.45, 2.75) is 82.9 Å². The van der Waals surface area contributed by atoms with Gasteiger partial charge in [0.15, 0.2) is 0 Å². The lowest BCUT2D eigenvalue weighted by molar-refractivity contribution is -0.168. The number of hydrogen-bond donors (Lipinski definition) is 0. The molecule has 3 saturated heterocycles. The number of ether oxygens (including phenoxy) is 3. The molecular weight excluding hydrogens is 330 g/mol. The number of fused-ring (bicyclic) bond motifs is 1. The SMILES string of the molecule is C[C@@H]1CN(C[C@H]2C(=O)O[C@@]34[C@@H](CC[C@@]5(C)O[C@@H]35)[C@H](C)CC[C@@H]24)C[C@H](C)O1. The third-order valence-corrected chi connectivity index (χ3v) is 8.04. The molecule has 0 bridgehead atoms. The van der Waals surface area contributed by atoms with Crippen LogP contribution in [0.3, 0.4) is 0 Å². The summed E-state index contributed by atoms with van der Waals surface area (Å²) in [7, 11) is 0. The van der Waals surface area contributed by atoms with E-state index in [-0.39, 0.29) is 41.4 Å². The van der Waals surface area contributed by atoms with Crippen LogP contribution in [0.4, 0.5) is 0 Å². The largest absolute Gasteiger partial charge is 0.455 e. The molecule has 2 saturated carbocycles. The highest BCUT2D eigenvalue weighted by Crippen LogP contribution is 2.66. The Hall–Kier alpha value is -0.650. The normalized spacial score (nSPS) is 56.3. The average molecular weight is 363 g/mol. The predicted molar refractivity (Wildman–Crippen MR) is 96.7 cm³/mol. The quantitative estimate of drug-likeness (QED) is 0.558. The molecule has 0 unspecified atom stereocenters. The second kappa shape index (κ2) is 5.68. The molecule has 0 N–H and O–H groups in total. The van der Waals surface area contributed by atoms with Gasteiger partial charge in [0.1, 0.15) is 11.7 Å². The molecule has 5 heteroatoms. The maximum absolute atomic E-state index is 13.1. The molecule has 9 atom stereocenters. The Kier molecular flexibility index (Phi) is 3.81.